The number of aliphatic hydroxyl groups is 1. The topological polar surface area (TPSA) is 87.1 Å². The number of carboxylic acid groups (broad SMARTS) is 1. The van der Waals surface area contributed by atoms with Gasteiger partial charge in [-0.1, -0.05) is 84.5 Å². The van der Waals surface area contributed by atoms with Gasteiger partial charge in [-0.05, 0) is 31.7 Å². The first kappa shape index (κ1) is 30.9. The van der Waals surface area contributed by atoms with Crippen molar-refractivity contribution in [3.63, 3.8) is 0 Å². The van der Waals surface area contributed by atoms with E-state index >= 15 is 0 Å². The minimum absolute atomic E-state index is 0.0555. The molecule has 0 bridgehead atoms. The highest BCUT2D eigenvalue weighted by atomic mass is 16.5. The van der Waals surface area contributed by atoms with E-state index < -0.39 is 5.97 Å². The quantitative estimate of drug-likeness (QED) is 0.141. The lowest BCUT2D eigenvalue weighted by Crippen LogP contribution is -2.30. The second-order valence-electron chi connectivity index (χ2n) is 9.09. The fraction of sp³-hybridized carbons (Fsp3) is 0.923. The Hall–Kier alpha value is -1.14. The Morgan fingerprint density at radius 2 is 1.38 bits per heavy atom. The van der Waals surface area contributed by atoms with Gasteiger partial charge in [0, 0.05) is 19.5 Å². The Balaban J connectivity index is 3.80. The van der Waals surface area contributed by atoms with E-state index in [2.05, 4.69) is 13.8 Å². The Bertz CT molecular complexity index is 434. The van der Waals surface area contributed by atoms with E-state index in [1.54, 1.807) is 0 Å². The zero-order chi connectivity index (χ0) is 23.9. The first-order valence-corrected chi connectivity index (χ1v) is 13.2. The Kier molecular flexibility index (Phi) is 22.2. The third-order valence-electron chi connectivity index (χ3n) is 6.13. The van der Waals surface area contributed by atoms with Crippen LogP contribution < -0.4 is 0 Å². The maximum Gasteiger partial charge on any atom is 0.305 e. The molecule has 0 radical (unpaired) electrons. The van der Waals surface area contributed by atoms with Crippen molar-refractivity contribution in [2.75, 3.05) is 32.8 Å². The van der Waals surface area contributed by atoms with E-state index in [-0.39, 0.29) is 19.0 Å². The van der Waals surface area contributed by atoms with Crippen LogP contribution in [0.3, 0.4) is 0 Å². The standard InChI is InChI=1S/C26H51NO5/c1-3-5-10-14-24(15-11-6-4-2)18-23-32-26(31)16-12-8-7-9-13-19-27(21-22-28)20-17-25(29)30/h24,28H,3-23H2,1-2H3,(H,29,30). The van der Waals surface area contributed by atoms with Gasteiger partial charge in [0.05, 0.1) is 19.6 Å². The highest BCUT2D eigenvalue weighted by molar-refractivity contribution is 5.69. The van der Waals surface area contributed by atoms with Crippen molar-refractivity contribution in [1.82, 2.24) is 4.90 Å². The van der Waals surface area contributed by atoms with Crippen LogP contribution in [0.4, 0.5) is 0 Å². The monoisotopic (exact) mass is 457 g/mol. The minimum Gasteiger partial charge on any atom is -0.481 e. The number of nitrogens with zero attached hydrogens (tertiary/aromatic N) is 1. The third-order valence-corrected chi connectivity index (χ3v) is 6.13. The summed E-state index contributed by atoms with van der Waals surface area (Å²) in [6.07, 6.45) is 16.8. The molecule has 0 amide bonds. The molecule has 0 aromatic heterocycles. The molecule has 0 aliphatic rings. The summed E-state index contributed by atoms with van der Waals surface area (Å²) >= 11 is 0. The first-order chi connectivity index (χ1) is 15.5. The van der Waals surface area contributed by atoms with E-state index in [1.807, 2.05) is 4.90 Å². The largest absolute Gasteiger partial charge is 0.481 e. The Morgan fingerprint density at radius 1 is 0.750 bits per heavy atom. The van der Waals surface area contributed by atoms with Crippen molar-refractivity contribution >= 4 is 11.9 Å². The van der Waals surface area contributed by atoms with Gasteiger partial charge in [-0.2, -0.15) is 0 Å². The molecule has 32 heavy (non-hydrogen) atoms. The molecule has 0 fully saturated rings. The summed E-state index contributed by atoms with van der Waals surface area (Å²) in [7, 11) is 0. The van der Waals surface area contributed by atoms with Crippen molar-refractivity contribution in [3.05, 3.63) is 0 Å². The van der Waals surface area contributed by atoms with Crippen LogP contribution in [0.5, 0.6) is 0 Å². The lowest BCUT2D eigenvalue weighted by Gasteiger charge is -2.20. The van der Waals surface area contributed by atoms with Gasteiger partial charge in [-0.3, -0.25) is 9.59 Å². The number of esters is 1. The summed E-state index contributed by atoms with van der Waals surface area (Å²) in [5, 5.41) is 17.9. The zero-order valence-corrected chi connectivity index (χ0v) is 21.0. The van der Waals surface area contributed by atoms with Gasteiger partial charge < -0.3 is 19.8 Å². The normalized spacial score (nSPS) is 11.4. The summed E-state index contributed by atoms with van der Waals surface area (Å²) in [6, 6.07) is 0. The van der Waals surface area contributed by atoms with Gasteiger partial charge >= 0.3 is 11.9 Å². The molecule has 190 valence electrons. The molecule has 0 atom stereocenters. The molecule has 0 heterocycles. The Morgan fingerprint density at radius 3 is 1.97 bits per heavy atom. The zero-order valence-electron chi connectivity index (χ0n) is 21.0. The number of carbonyl (C=O) groups is 2. The van der Waals surface area contributed by atoms with Crippen LogP contribution >= 0.6 is 0 Å². The van der Waals surface area contributed by atoms with E-state index in [9.17, 15) is 9.59 Å². The highest BCUT2D eigenvalue weighted by Gasteiger charge is 2.11. The number of aliphatic hydroxyl groups excluding tert-OH is 1. The Labute approximate surface area is 197 Å². The molecule has 0 saturated carbocycles. The molecule has 0 aromatic rings. The third kappa shape index (κ3) is 20.7. The maximum absolute atomic E-state index is 12.0. The fourth-order valence-electron chi connectivity index (χ4n) is 4.08. The number of unbranched alkanes of at least 4 members (excludes halogenated alkanes) is 8. The summed E-state index contributed by atoms with van der Waals surface area (Å²) in [5.74, 6) is -0.168. The summed E-state index contributed by atoms with van der Waals surface area (Å²) < 4.78 is 5.50. The number of carbonyl (C=O) groups excluding carboxylic acids is 1. The fourth-order valence-corrected chi connectivity index (χ4v) is 4.08. The predicted octanol–water partition coefficient (Wildman–Crippen LogP) is 5.81. The predicted molar refractivity (Wildman–Crippen MR) is 131 cm³/mol. The molecule has 2 N–H and O–H groups in total. The molecule has 0 spiro atoms. The average molecular weight is 458 g/mol. The van der Waals surface area contributed by atoms with Gasteiger partial charge in [-0.15, -0.1) is 0 Å². The molecule has 6 heteroatoms. The first-order valence-electron chi connectivity index (χ1n) is 13.2. The maximum atomic E-state index is 12.0. The molecule has 0 unspecified atom stereocenters. The van der Waals surface area contributed by atoms with Crippen LogP contribution in [-0.4, -0.2) is 59.9 Å². The lowest BCUT2D eigenvalue weighted by molar-refractivity contribution is -0.144. The summed E-state index contributed by atoms with van der Waals surface area (Å²) in [5.41, 5.74) is 0. The number of rotatable bonds is 24. The van der Waals surface area contributed by atoms with Gasteiger partial charge in [0.15, 0.2) is 0 Å². The van der Waals surface area contributed by atoms with Crippen molar-refractivity contribution in [2.45, 2.75) is 117 Å². The number of aliphatic carboxylic acids is 1. The smallest absolute Gasteiger partial charge is 0.305 e. The minimum atomic E-state index is -0.802. The van der Waals surface area contributed by atoms with Crippen molar-refractivity contribution in [1.29, 1.82) is 0 Å². The number of hydrogen-bond acceptors (Lipinski definition) is 5. The van der Waals surface area contributed by atoms with Crippen molar-refractivity contribution < 1.29 is 24.5 Å². The van der Waals surface area contributed by atoms with Crippen LogP contribution in [0, 0.1) is 5.92 Å². The van der Waals surface area contributed by atoms with Crippen LogP contribution in [0.1, 0.15) is 117 Å². The van der Waals surface area contributed by atoms with Gasteiger partial charge in [0.2, 0.25) is 0 Å². The molecule has 0 rings (SSSR count). The number of carboxylic acids is 1. The average Bonchev–Trinajstić information content (AvgIpc) is 2.76. The van der Waals surface area contributed by atoms with Gasteiger partial charge in [0.1, 0.15) is 0 Å². The van der Waals surface area contributed by atoms with E-state index in [0.29, 0.717) is 32.0 Å². The molecule has 0 saturated heterocycles. The highest BCUT2D eigenvalue weighted by Crippen LogP contribution is 2.21. The summed E-state index contributed by atoms with van der Waals surface area (Å²) in [4.78, 5) is 24.7. The van der Waals surface area contributed by atoms with E-state index in [0.717, 1.165) is 45.1 Å². The van der Waals surface area contributed by atoms with Crippen molar-refractivity contribution in [3.8, 4) is 0 Å². The summed E-state index contributed by atoms with van der Waals surface area (Å²) in [6.45, 7) is 6.92. The van der Waals surface area contributed by atoms with Crippen LogP contribution in [0.2, 0.25) is 0 Å². The second-order valence-corrected chi connectivity index (χ2v) is 9.09. The molecular formula is C26H51NO5. The number of ether oxygens (including phenoxy) is 1. The number of hydrogen-bond donors (Lipinski definition) is 2. The lowest BCUT2D eigenvalue weighted by atomic mass is 9.92. The molecule has 6 nitrogen and oxygen atoms in total. The van der Waals surface area contributed by atoms with E-state index in [4.69, 9.17) is 14.9 Å². The van der Waals surface area contributed by atoms with Gasteiger partial charge in [0.25, 0.3) is 0 Å². The van der Waals surface area contributed by atoms with Gasteiger partial charge in [-0.25, -0.2) is 0 Å². The molecule has 0 aliphatic carbocycles. The SMILES string of the molecule is CCCCCC(CCCCC)CCOC(=O)CCCCCCCN(CCO)CCC(=O)O. The second kappa shape index (κ2) is 23.0. The molecule has 0 aliphatic heterocycles. The van der Waals surface area contributed by atoms with Crippen LogP contribution in [-0.2, 0) is 14.3 Å². The molecule has 0 aromatic carbocycles. The molecular weight excluding hydrogens is 406 g/mol. The van der Waals surface area contributed by atoms with Crippen LogP contribution in [0.25, 0.3) is 0 Å². The van der Waals surface area contributed by atoms with Crippen molar-refractivity contribution in [2.24, 2.45) is 5.92 Å². The van der Waals surface area contributed by atoms with E-state index in [1.165, 1.54) is 51.4 Å². The van der Waals surface area contributed by atoms with Crippen LogP contribution in [0.15, 0.2) is 0 Å².